The Balaban J connectivity index is 1.39. The van der Waals surface area contributed by atoms with Gasteiger partial charge in [0.2, 0.25) is 5.91 Å². The predicted molar refractivity (Wildman–Crippen MR) is 160 cm³/mol. The zero-order valence-corrected chi connectivity index (χ0v) is 24.8. The van der Waals surface area contributed by atoms with Crippen molar-refractivity contribution in [1.29, 1.82) is 0 Å². The first-order valence-electron chi connectivity index (χ1n) is 14.9. The number of fused-ring (bicyclic) bond motifs is 1. The van der Waals surface area contributed by atoms with E-state index >= 15 is 0 Å². The molecule has 0 saturated carbocycles. The average Bonchev–Trinajstić information content (AvgIpc) is 3.42. The van der Waals surface area contributed by atoms with Crippen molar-refractivity contribution in [2.45, 2.75) is 71.5 Å². The zero-order chi connectivity index (χ0) is 29.4. The Kier molecular flexibility index (Phi) is 11.0. The Morgan fingerprint density at radius 3 is 2.68 bits per heavy atom. The smallest absolute Gasteiger partial charge is 0.242 e. The second kappa shape index (κ2) is 14.7. The second-order valence-electron chi connectivity index (χ2n) is 11.0. The summed E-state index contributed by atoms with van der Waals surface area (Å²) in [5.74, 6) is -0.728. The van der Waals surface area contributed by atoms with Crippen molar-refractivity contribution in [1.82, 2.24) is 24.7 Å². The van der Waals surface area contributed by atoms with Crippen molar-refractivity contribution in [3.05, 3.63) is 77.2 Å². The molecule has 3 aromatic rings. The minimum absolute atomic E-state index is 0.0621. The molecule has 222 valence electrons. The number of carbonyl (C=O) groups is 1. The summed E-state index contributed by atoms with van der Waals surface area (Å²) in [7, 11) is 2.14. The van der Waals surface area contributed by atoms with E-state index in [4.69, 9.17) is 0 Å². The van der Waals surface area contributed by atoms with Crippen LogP contribution >= 0.6 is 0 Å². The van der Waals surface area contributed by atoms with E-state index in [-0.39, 0.29) is 11.9 Å². The van der Waals surface area contributed by atoms with Crippen LogP contribution in [-0.4, -0.2) is 70.6 Å². The van der Waals surface area contributed by atoms with Gasteiger partial charge in [-0.1, -0.05) is 45.4 Å². The number of nitrogens with one attached hydrogen (secondary N) is 2. The van der Waals surface area contributed by atoms with E-state index in [2.05, 4.69) is 58.4 Å². The fourth-order valence-electron chi connectivity index (χ4n) is 5.64. The molecule has 1 heterocycles. The molecule has 41 heavy (non-hydrogen) atoms. The molecule has 0 radical (unpaired) electrons. The number of para-hydroxylation sites is 1. The quantitative estimate of drug-likeness (QED) is 0.282. The van der Waals surface area contributed by atoms with Crippen LogP contribution in [0.5, 0.6) is 0 Å². The number of nitrogens with zero attached hydrogens (tertiary/aromatic N) is 4. The molecule has 2 aromatic carbocycles. The summed E-state index contributed by atoms with van der Waals surface area (Å²) in [5, 5.41) is 6.42. The minimum atomic E-state index is -0.541. The third-order valence-corrected chi connectivity index (χ3v) is 8.03. The van der Waals surface area contributed by atoms with Crippen molar-refractivity contribution in [3.8, 4) is 5.69 Å². The Labute approximate surface area is 242 Å². The number of amides is 1. The molecule has 0 saturated heterocycles. The van der Waals surface area contributed by atoms with E-state index in [0.29, 0.717) is 30.6 Å². The predicted octanol–water partition coefficient (Wildman–Crippen LogP) is 5.18. The molecule has 0 bridgehead atoms. The SMILES string of the molecule is CCC[C@@H](N[C@H]1CCc2cc(F)cc(F)c2C1)C(=O)Nc1cn(-c2ccccc2CN(C)CCN(CC)CC)cn1. The highest BCUT2D eigenvalue weighted by Gasteiger charge is 2.27. The lowest BCUT2D eigenvalue weighted by Crippen LogP contribution is -2.48. The summed E-state index contributed by atoms with van der Waals surface area (Å²) in [4.78, 5) is 22.5. The van der Waals surface area contributed by atoms with E-state index in [1.165, 1.54) is 11.6 Å². The molecular formula is C32H44F2N6O. The van der Waals surface area contributed by atoms with Crippen molar-refractivity contribution in [2.75, 3.05) is 38.5 Å². The number of rotatable bonds is 14. The van der Waals surface area contributed by atoms with Crippen LogP contribution in [0.15, 0.2) is 48.9 Å². The lowest BCUT2D eigenvalue weighted by molar-refractivity contribution is -0.118. The van der Waals surface area contributed by atoms with Gasteiger partial charge in [-0.25, -0.2) is 13.8 Å². The first-order chi connectivity index (χ1) is 19.8. The van der Waals surface area contributed by atoms with Crippen molar-refractivity contribution in [3.63, 3.8) is 0 Å². The van der Waals surface area contributed by atoms with E-state index in [1.807, 2.05) is 29.8 Å². The largest absolute Gasteiger partial charge is 0.308 e. The first kappa shape index (κ1) is 30.8. The van der Waals surface area contributed by atoms with E-state index < -0.39 is 17.7 Å². The van der Waals surface area contributed by atoms with Gasteiger partial charge in [0.25, 0.3) is 0 Å². The molecule has 0 spiro atoms. The van der Waals surface area contributed by atoms with Gasteiger partial charge < -0.3 is 25.0 Å². The maximum absolute atomic E-state index is 14.4. The number of imidazole rings is 1. The van der Waals surface area contributed by atoms with Gasteiger partial charge >= 0.3 is 0 Å². The number of halogens is 2. The van der Waals surface area contributed by atoms with Crippen molar-refractivity contribution in [2.24, 2.45) is 0 Å². The molecule has 1 aromatic heterocycles. The molecule has 2 N–H and O–H groups in total. The zero-order valence-electron chi connectivity index (χ0n) is 24.8. The molecule has 0 fully saturated rings. The molecule has 0 aliphatic heterocycles. The number of aromatic nitrogens is 2. The van der Waals surface area contributed by atoms with Gasteiger partial charge in [0.15, 0.2) is 5.82 Å². The summed E-state index contributed by atoms with van der Waals surface area (Å²) in [6.07, 6.45) is 6.77. The van der Waals surface area contributed by atoms with Gasteiger partial charge in [0.1, 0.15) is 18.0 Å². The Bertz CT molecular complexity index is 1290. The number of anilines is 1. The van der Waals surface area contributed by atoms with E-state index in [1.54, 1.807) is 6.33 Å². The summed E-state index contributed by atoms with van der Waals surface area (Å²) >= 11 is 0. The molecule has 4 rings (SSSR count). The molecule has 7 nitrogen and oxygen atoms in total. The summed E-state index contributed by atoms with van der Waals surface area (Å²) < 4.78 is 30.0. The maximum Gasteiger partial charge on any atom is 0.242 e. The highest BCUT2D eigenvalue weighted by molar-refractivity contribution is 5.94. The van der Waals surface area contributed by atoms with Crippen LogP contribution < -0.4 is 10.6 Å². The minimum Gasteiger partial charge on any atom is -0.308 e. The normalized spacial score (nSPS) is 15.8. The third kappa shape index (κ3) is 8.21. The van der Waals surface area contributed by atoms with Crippen LogP contribution in [0.1, 0.15) is 56.7 Å². The second-order valence-corrected chi connectivity index (χ2v) is 11.0. The van der Waals surface area contributed by atoms with Crippen molar-refractivity contribution < 1.29 is 13.6 Å². The number of hydrogen-bond donors (Lipinski definition) is 2. The molecule has 1 aliphatic rings. The molecular weight excluding hydrogens is 522 g/mol. The highest BCUT2D eigenvalue weighted by Crippen LogP contribution is 2.26. The molecule has 0 unspecified atom stereocenters. The summed E-state index contributed by atoms with van der Waals surface area (Å²) in [6.45, 7) is 11.3. The summed E-state index contributed by atoms with van der Waals surface area (Å²) in [6, 6.07) is 10.1. The van der Waals surface area contributed by atoms with Crippen LogP contribution in [-0.2, 0) is 24.2 Å². The van der Waals surface area contributed by atoms with Crippen LogP contribution in [0.25, 0.3) is 5.69 Å². The lowest BCUT2D eigenvalue weighted by Gasteiger charge is -2.29. The van der Waals surface area contributed by atoms with Crippen LogP contribution in [0, 0.1) is 11.6 Å². The van der Waals surface area contributed by atoms with Crippen molar-refractivity contribution >= 4 is 11.7 Å². The van der Waals surface area contributed by atoms with Gasteiger partial charge in [-0.15, -0.1) is 0 Å². The maximum atomic E-state index is 14.4. The Morgan fingerprint density at radius 2 is 1.93 bits per heavy atom. The fourth-order valence-corrected chi connectivity index (χ4v) is 5.64. The Hall–Kier alpha value is -3.14. The molecule has 9 heteroatoms. The van der Waals surface area contributed by atoms with Gasteiger partial charge in [-0.2, -0.15) is 0 Å². The fraction of sp³-hybridized carbons (Fsp3) is 0.500. The standard InChI is InChI=1S/C32H44F2N6O/c1-5-10-29(36-26-14-13-23-17-25(33)18-28(34)27(23)19-26)32(41)37-31-21-40(22-35-31)30-12-9-8-11-24(30)20-38(4)15-16-39(6-2)7-3/h8-9,11-12,17-18,21-22,26,29,36H,5-7,10,13-16,19-20H2,1-4H3,(H,37,41)/t26-,29+/m0/s1. The third-order valence-electron chi connectivity index (χ3n) is 8.03. The number of carbonyl (C=O) groups excluding carboxylic acids is 1. The van der Waals surface area contributed by atoms with Crippen LogP contribution in [0.2, 0.25) is 0 Å². The van der Waals surface area contributed by atoms with Crippen LogP contribution in [0.3, 0.4) is 0 Å². The average molecular weight is 567 g/mol. The number of aryl methyl sites for hydroxylation is 1. The Morgan fingerprint density at radius 1 is 1.15 bits per heavy atom. The first-order valence-corrected chi connectivity index (χ1v) is 14.9. The van der Waals surface area contributed by atoms with E-state index in [0.717, 1.165) is 62.9 Å². The summed E-state index contributed by atoms with van der Waals surface area (Å²) in [5.41, 5.74) is 3.47. The van der Waals surface area contributed by atoms with Gasteiger partial charge in [0, 0.05) is 31.7 Å². The monoisotopic (exact) mass is 566 g/mol. The highest BCUT2D eigenvalue weighted by atomic mass is 19.1. The molecule has 1 amide bonds. The van der Waals surface area contributed by atoms with Gasteiger partial charge in [0.05, 0.1) is 17.9 Å². The molecule has 2 atom stereocenters. The topological polar surface area (TPSA) is 65.4 Å². The lowest BCUT2D eigenvalue weighted by atomic mass is 9.87. The number of benzene rings is 2. The number of likely N-dealkylation sites (N-methyl/N-ethyl adjacent to an activating group) is 2. The van der Waals surface area contributed by atoms with Gasteiger partial charge in [-0.3, -0.25) is 4.79 Å². The number of hydrogen-bond acceptors (Lipinski definition) is 5. The van der Waals surface area contributed by atoms with Crippen LogP contribution in [0.4, 0.5) is 14.6 Å². The van der Waals surface area contributed by atoms with Gasteiger partial charge in [-0.05, 0) is 74.6 Å². The molecule has 1 aliphatic carbocycles. The van der Waals surface area contributed by atoms with E-state index in [9.17, 15) is 13.6 Å².